The molecule has 99 heavy (non-hydrogen) atoms. The lowest BCUT2D eigenvalue weighted by Crippen LogP contribution is -2.40. The van der Waals surface area contributed by atoms with Crippen LogP contribution in [0.1, 0.15) is 122 Å². The number of hydrogen-bond acceptors (Lipinski definition) is 14. The van der Waals surface area contributed by atoms with Crippen molar-refractivity contribution in [2.45, 2.75) is 114 Å². The fourth-order valence-corrected chi connectivity index (χ4v) is 12.4. The summed E-state index contributed by atoms with van der Waals surface area (Å²) in [5.74, 6) is 0.236. The molecule has 2 aromatic heterocycles. The van der Waals surface area contributed by atoms with Gasteiger partial charge in [-0.25, -0.2) is 28.2 Å². The van der Waals surface area contributed by atoms with E-state index in [0.717, 1.165) is 55.6 Å². The van der Waals surface area contributed by atoms with E-state index in [2.05, 4.69) is 51.9 Å². The number of phenols is 1. The first-order valence-corrected chi connectivity index (χ1v) is 33.0. The van der Waals surface area contributed by atoms with Crippen molar-refractivity contribution in [3.8, 4) is 45.3 Å². The van der Waals surface area contributed by atoms with Gasteiger partial charge in [0.15, 0.2) is 0 Å². The molecule has 12 rings (SSSR count). The molecule has 2 aliphatic rings. The summed E-state index contributed by atoms with van der Waals surface area (Å²) in [5.41, 5.74) is 11.1. The van der Waals surface area contributed by atoms with Crippen molar-refractivity contribution >= 4 is 35.6 Å². The van der Waals surface area contributed by atoms with Gasteiger partial charge in [0.25, 0.3) is 0 Å². The number of ether oxygens (including phenoxy) is 5. The van der Waals surface area contributed by atoms with Gasteiger partial charge in [0, 0.05) is 53.8 Å². The quantitative estimate of drug-likeness (QED) is 0.0708. The summed E-state index contributed by atoms with van der Waals surface area (Å²) in [6.07, 6.45) is 2.70. The van der Waals surface area contributed by atoms with Crippen LogP contribution in [0.25, 0.3) is 22.3 Å². The van der Waals surface area contributed by atoms with E-state index in [1.807, 2.05) is 121 Å². The van der Waals surface area contributed by atoms with Gasteiger partial charge in [-0.1, -0.05) is 161 Å². The second-order valence-electron chi connectivity index (χ2n) is 26.3. The summed E-state index contributed by atoms with van der Waals surface area (Å²) in [6.45, 7) is 13.2. The zero-order valence-electron chi connectivity index (χ0n) is 56.5. The number of halogens is 3. The molecule has 19 heteroatoms. The van der Waals surface area contributed by atoms with E-state index in [1.165, 1.54) is 34.5 Å². The Bertz CT molecular complexity index is 4350. The predicted octanol–water partition coefficient (Wildman–Crippen LogP) is 17.5. The molecule has 16 nitrogen and oxygen atoms in total. The van der Waals surface area contributed by atoms with E-state index >= 15 is 4.39 Å². The lowest BCUT2D eigenvalue weighted by molar-refractivity contribution is -0.130. The van der Waals surface area contributed by atoms with Crippen LogP contribution in [0.15, 0.2) is 216 Å². The molecule has 512 valence electrons. The molecular weight excluding hydrogens is 1280 g/mol. The van der Waals surface area contributed by atoms with Crippen molar-refractivity contribution in [1.82, 2.24) is 20.1 Å². The van der Waals surface area contributed by atoms with E-state index < -0.39 is 30.1 Å². The Kier molecular flexibility index (Phi) is 23.1. The number of cyclic esters (lactones) is 2. The highest BCUT2D eigenvalue weighted by Crippen LogP contribution is 2.40. The lowest BCUT2D eigenvalue weighted by atomic mass is 9.81. The van der Waals surface area contributed by atoms with Crippen molar-refractivity contribution < 1.29 is 65.8 Å². The molecule has 0 radical (unpaired) electrons. The SMILES string of the molecule is COc1ccc(F)c(-c2cc(CCl)ccc2C(C)(C)C)c1.COc1ccc(F)c(-c2cc(COc3ccc(C(CC(=O)N4C(=O)OC[C@@H]4Cc4ccccc4)c4ccon4)cc3)ccc2C(C)(C)C)c1.O=C(C[C@@H](c1ccc(O)cc1)c1ccon1)N1C(=O)OC[C@@H]1Cc1ccccc1. The second kappa shape index (κ2) is 32.2. The maximum Gasteiger partial charge on any atom is 0.416 e. The van der Waals surface area contributed by atoms with Gasteiger partial charge in [-0.15, -0.1) is 11.6 Å². The smallest absolute Gasteiger partial charge is 0.416 e. The van der Waals surface area contributed by atoms with Crippen molar-refractivity contribution in [2.24, 2.45) is 0 Å². The van der Waals surface area contributed by atoms with Crippen LogP contribution in [0, 0.1) is 11.6 Å². The number of phenolic OH excluding ortho intramolecular Hbond substituents is 1. The summed E-state index contributed by atoms with van der Waals surface area (Å²) in [4.78, 5) is 54.2. The Labute approximate surface area is 580 Å². The van der Waals surface area contributed by atoms with E-state index in [-0.39, 0.29) is 78.7 Å². The second-order valence-corrected chi connectivity index (χ2v) is 26.5. The number of rotatable bonds is 20. The summed E-state index contributed by atoms with van der Waals surface area (Å²) < 4.78 is 66.7. The largest absolute Gasteiger partial charge is 0.508 e. The number of carbonyl (C=O) groups excluding carboxylic acids is 4. The first-order chi connectivity index (χ1) is 47.6. The van der Waals surface area contributed by atoms with Crippen LogP contribution in [0.2, 0.25) is 0 Å². The number of imide groups is 2. The number of aromatic nitrogens is 2. The number of hydrogen-bond donors (Lipinski definition) is 1. The molecule has 4 heterocycles. The van der Waals surface area contributed by atoms with Gasteiger partial charge in [-0.05, 0) is 152 Å². The van der Waals surface area contributed by atoms with Crippen LogP contribution >= 0.6 is 11.6 Å². The standard InChI is InChI=1S/C40H39FN2O6.C22H20N2O5.C18H20ClFO/c1-40(2,3)35-16-10-27(21-33(35)34-22-31(46-4)15-17-36(34)41)24-47-30-13-11-28(12-14-30)32(37-18-19-49-42-37)23-38(44)43-29(25-48-39(43)45)20-26-8-6-5-7-9-26;25-18-8-6-16(7-9-18)19(20-10-11-29-23-20)13-21(26)24-17(14-28-22(24)27)12-15-4-2-1-3-5-15;1-18(2,3)16-7-5-12(11-19)9-14(16)15-10-13(21-4)6-8-17(15)20/h5-19,21-22,29,32H,20,23-25H2,1-4H3;1-11,17,19,25H,12-14H2;5-10H,11H2,1-4H3/t29-,32?;17-,19-;/m00./s1. The number of nitrogens with zero attached hydrogens (tertiary/aromatic N) is 4. The third-order valence-corrected chi connectivity index (χ3v) is 17.6. The summed E-state index contributed by atoms with van der Waals surface area (Å²) in [7, 11) is 3.14. The van der Waals surface area contributed by atoms with Gasteiger partial charge in [0.05, 0.1) is 37.7 Å². The molecular formula is C80H79ClF2N4O12. The van der Waals surface area contributed by atoms with Crippen LogP contribution in [0.3, 0.4) is 0 Å². The molecule has 2 saturated heterocycles. The number of benzene rings is 8. The van der Waals surface area contributed by atoms with Crippen molar-refractivity contribution in [1.29, 1.82) is 0 Å². The van der Waals surface area contributed by atoms with Crippen LogP contribution in [-0.2, 0) is 55.2 Å². The molecule has 0 saturated carbocycles. The number of amides is 4. The molecule has 2 fully saturated rings. The Balaban J connectivity index is 0.000000179. The molecule has 10 aromatic rings. The van der Waals surface area contributed by atoms with E-state index in [4.69, 9.17) is 44.3 Å². The maximum atomic E-state index is 15.1. The van der Waals surface area contributed by atoms with Crippen molar-refractivity contribution in [3.63, 3.8) is 0 Å². The minimum absolute atomic E-state index is 0.00311. The van der Waals surface area contributed by atoms with E-state index in [9.17, 15) is 28.7 Å². The highest BCUT2D eigenvalue weighted by Gasteiger charge is 2.41. The minimum Gasteiger partial charge on any atom is -0.508 e. The van der Waals surface area contributed by atoms with Gasteiger partial charge >= 0.3 is 12.2 Å². The monoisotopic (exact) mass is 1360 g/mol. The number of alkyl halides is 1. The average molecular weight is 1360 g/mol. The third-order valence-electron chi connectivity index (χ3n) is 17.3. The van der Waals surface area contributed by atoms with Crippen molar-refractivity contribution in [2.75, 3.05) is 27.4 Å². The number of carbonyl (C=O) groups is 4. The van der Waals surface area contributed by atoms with Crippen LogP contribution in [-0.4, -0.2) is 88.7 Å². The molecule has 0 spiro atoms. The molecule has 4 atom stereocenters. The molecule has 1 N–H and O–H groups in total. The first-order valence-electron chi connectivity index (χ1n) is 32.5. The van der Waals surface area contributed by atoms with Crippen molar-refractivity contribution in [3.05, 3.63) is 274 Å². The summed E-state index contributed by atoms with van der Waals surface area (Å²) in [6, 6.07) is 57.6. The van der Waals surface area contributed by atoms with Crippen LogP contribution < -0.4 is 14.2 Å². The molecule has 2 aliphatic heterocycles. The Morgan fingerprint density at radius 2 is 0.939 bits per heavy atom. The fraction of sp³-hybridized carbons (Fsp3) is 0.275. The molecule has 4 amide bonds. The summed E-state index contributed by atoms with van der Waals surface area (Å²) in [5, 5.41) is 17.7. The Morgan fingerprint density at radius 1 is 0.525 bits per heavy atom. The molecule has 8 aromatic carbocycles. The van der Waals surface area contributed by atoms with Crippen LogP contribution in [0.4, 0.5) is 18.4 Å². The maximum absolute atomic E-state index is 15.1. The first kappa shape index (κ1) is 71.2. The highest BCUT2D eigenvalue weighted by atomic mass is 35.5. The Hall–Kier alpha value is -10.6. The average Bonchev–Trinajstić information content (AvgIpc) is 1.57. The third kappa shape index (κ3) is 18.0. The zero-order chi connectivity index (χ0) is 70.4. The van der Waals surface area contributed by atoms with Gasteiger partial charge in [-0.3, -0.25) is 9.59 Å². The molecule has 1 unspecified atom stereocenters. The number of aromatic hydroxyl groups is 1. The van der Waals surface area contributed by atoms with E-state index in [1.54, 1.807) is 74.9 Å². The summed E-state index contributed by atoms with van der Waals surface area (Å²) >= 11 is 5.93. The predicted molar refractivity (Wildman–Crippen MR) is 373 cm³/mol. The van der Waals surface area contributed by atoms with Gasteiger partial charge in [0.1, 0.15) is 67.0 Å². The normalized spacial score (nSPS) is 15.0. The van der Waals surface area contributed by atoms with Gasteiger partial charge in [0.2, 0.25) is 11.8 Å². The van der Waals surface area contributed by atoms with Gasteiger partial charge < -0.3 is 37.8 Å². The highest BCUT2D eigenvalue weighted by molar-refractivity contribution is 6.17. The molecule has 0 bridgehead atoms. The van der Waals surface area contributed by atoms with E-state index in [0.29, 0.717) is 58.5 Å². The zero-order valence-corrected chi connectivity index (χ0v) is 57.2. The minimum atomic E-state index is -0.638. The van der Waals surface area contributed by atoms with Crippen LogP contribution in [0.5, 0.6) is 23.0 Å². The lowest BCUT2D eigenvalue weighted by Gasteiger charge is -2.24. The fourth-order valence-electron chi connectivity index (χ4n) is 12.2. The topological polar surface area (TPSA) is 193 Å². The number of methoxy groups -OCH3 is 2. The molecule has 0 aliphatic carbocycles. The Morgan fingerprint density at radius 3 is 1.34 bits per heavy atom. The van der Waals surface area contributed by atoms with Gasteiger partial charge in [-0.2, -0.15) is 0 Å².